The molecule has 2 atom stereocenters. The Balaban J connectivity index is 4.70. The van der Waals surface area contributed by atoms with Crippen molar-refractivity contribution in [1.82, 2.24) is 5.32 Å². The van der Waals surface area contributed by atoms with Crippen LogP contribution in [0, 0.1) is 23.2 Å². The number of amides is 1. The van der Waals surface area contributed by atoms with E-state index in [0.717, 1.165) is 0 Å². The third-order valence-corrected chi connectivity index (χ3v) is 3.39. The first-order chi connectivity index (χ1) is 8.61. The fourth-order valence-corrected chi connectivity index (χ4v) is 1.68. The first-order valence-electron chi connectivity index (χ1n) is 7.05. The van der Waals surface area contributed by atoms with Crippen LogP contribution >= 0.6 is 0 Å². The molecule has 2 unspecified atom stereocenters. The zero-order valence-corrected chi connectivity index (χ0v) is 13.4. The van der Waals surface area contributed by atoms with Crippen LogP contribution in [0.25, 0.3) is 0 Å². The van der Waals surface area contributed by atoms with E-state index in [4.69, 9.17) is 4.74 Å². The van der Waals surface area contributed by atoms with Crippen molar-refractivity contribution < 1.29 is 14.3 Å². The summed E-state index contributed by atoms with van der Waals surface area (Å²) in [5, 5.41) is 2.87. The molecule has 1 amide bonds. The van der Waals surface area contributed by atoms with Crippen molar-refractivity contribution in [2.24, 2.45) is 23.2 Å². The molecule has 0 heterocycles. The Morgan fingerprint density at radius 2 is 1.68 bits per heavy atom. The molecule has 4 heteroatoms. The number of carbonyl (C=O) groups is 2. The fourth-order valence-electron chi connectivity index (χ4n) is 1.68. The Morgan fingerprint density at radius 3 is 2.05 bits per heavy atom. The van der Waals surface area contributed by atoms with Crippen LogP contribution in [0.5, 0.6) is 0 Å². The molecular weight excluding hydrogens is 242 g/mol. The minimum absolute atomic E-state index is 0.238. The number of nitrogens with one attached hydrogen (secondary N) is 1. The smallest absolute Gasteiger partial charge is 0.319 e. The quantitative estimate of drug-likeness (QED) is 0.597. The summed E-state index contributed by atoms with van der Waals surface area (Å²) in [6, 6.07) is 0. The van der Waals surface area contributed by atoms with Crippen LogP contribution in [0.3, 0.4) is 0 Å². The van der Waals surface area contributed by atoms with Gasteiger partial charge in [-0.1, -0.05) is 41.5 Å². The summed E-state index contributed by atoms with van der Waals surface area (Å²) in [5.41, 5.74) is -0.447. The topological polar surface area (TPSA) is 55.4 Å². The molecule has 1 N–H and O–H groups in total. The highest BCUT2D eigenvalue weighted by Gasteiger charge is 2.38. The van der Waals surface area contributed by atoms with Gasteiger partial charge < -0.3 is 10.1 Å². The Morgan fingerprint density at radius 1 is 1.16 bits per heavy atom. The molecule has 0 aliphatic heterocycles. The summed E-state index contributed by atoms with van der Waals surface area (Å²) in [6.45, 7) is 14.6. The van der Waals surface area contributed by atoms with Gasteiger partial charge in [-0.25, -0.2) is 0 Å². The van der Waals surface area contributed by atoms with Gasteiger partial charge in [0, 0.05) is 6.54 Å². The predicted molar refractivity (Wildman–Crippen MR) is 76.6 cm³/mol. The van der Waals surface area contributed by atoms with E-state index in [2.05, 4.69) is 26.1 Å². The summed E-state index contributed by atoms with van der Waals surface area (Å²) in [5.74, 6) is -0.558. The monoisotopic (exact) mass is 271 g/mol. The maximum Gasteiger partial charge on any atom is 0.319 e. The molecule has 19 heavy (non-hydrogen) atoms. The van der Waals surface area contributed by atoms with Crippen molar-refractivity contribution in [2.45, 2.75) is 48.5 Å². The number of carbonyl (C=O) groups excluding carboxylic acids is 2. The zero-order chi connectivity index (χ0) is 15.2. The third-order valence-electron chi connectivity index (χ3n) is 3.39. The van der Waals surface area contributed by atoms with Gasteiger partial charge in [-0.2, -0.15) is 0 Å². The summed E-state index contributed by atoms with van der Waals surface area (Å²) in [6.07, 6.45) is 0. The van der Waals surface area contributed by atoms with E-state index in [0.29, 0.717) is 25.0 Å². The van der Waals surface area contributed by atoms with Crippen molar-refractivity contribution in [2.75, 3.05) is 13.2 Å². The van der Waals surface area contributed by atoms with E-state index in [1.54, 1.807) is 6.92 Å². The second kappa shape index (κ2) is 7.51. The van der Waals surface area contributed by atoms with Crippen LogP contribution in [0.1, 0.15) is 48.5 Å². The highest BCUT2D eigenvalue weighted by Crippen LogP contribution is 2.27. The lowest BCUT2D eigenvalue weighted by atomic mass is 9.80. The molecular formula is C15H29NO3. The largest absolute Gasteiger partial charge is 0.465 e. The minimum atomic E-state index is -0.758. The lowest BCUT2D eigenvalue weighted by Gasteiger charge is -2.28. The molecule has 0 aromatic heterocycles. The second-order valence-electron chi connectivity index (χ2n) is 6.52. The lowest BCUT2D eigenvalue weighted by molar-refractivity contribution is -0.156. The van der Waals surface area contributed by atoms with Crippen LogP contribution in [0.4, 0.5) is 0 Å². The Hall–Kier alpha value is -1.06. The Labute approximate surface area is 117 Å². The van der Waals surface area contributed by atoms with Crippen molar-refractivity contribution >= 4 is 11.9 Å². The van der Waals surface area contributed by atoms with E-state index in [9.17, 15) is 9.59 Å². The van der Waals surface area contributed by atoms with Gasteiger partial charge in [0.1, 0.15) is 5.92 Å². The summed E-state index contributed by atoms with van der Waals surface area (Å²) in [4.78, 5) is 24.1. The van der Waals surface area contributed by atoms with Gasteiger partial charge in [0.25, 0.3) is 0 Å². The minimum Gasteiger partial charge on any atom is -0.465 e. The Kier molecular flexibility index (Phi) is 7.09. The van der Waals surface area contributed by atoms with Gasteiger partial charge in [-0.15, -0.1) is 0 Å². The van der Waals surface area contributed by atoms with E-state index in [1.807, 2.05) is 20.8 Å². The first kappa shape index (κ1) is 17.9. The van der Waals surface area contributed by atoms with Crippen LogP contribution in [-0.4, -0.2) is 25.0 Å². The van der Waals surface area contributed by atoms with Crippen LogP contribution < -0.4 is 5.32 Å². The molecule has 112 valence electrons. The highest BCUT2D eigenvalue weighted by atomic mass is 16.5. The van der Waals surface area contributed by atoms with Crippen molar-refractivity contribution in [1.29, 1.82) is 0 Å². The molecule has 0 saturated heterocycles. The molecule has 0 aromatic carbocycles. The molecule has 4 nitrogen and oxygen atoms in total. The number of ether oxygens (including phenoxy) is 1. The molecule has 0 aliphatic rings. The molecule has 0 rings (SSSR count). The maximum atomic E-state index is 12.2. The van der Waals surface area contributed by atoms with Gasteiger partial charge in [-0.3, -0.25) is 9.59 Å². The van der Waals surface area contributed by atoms with Crippen molar-refractivity contribution in [3.8, 4) is 0 Å². The standard InChI is InChI=1S/C15H29NO3/c1-8-19-14(18)12(15(5,6)7)13(17)16-9-11(4)10(2)3/h10-12H,8-9H2,1-7H3,(H,16,17). The highest BCUT2D eigenvalue weighted by molar-refractivity contribution is 5.98. The average Bonchev–Trinajstić information content (AvgIpc) is 2.24. The predicted octanol–water partition coefficient (Wildman–Crippen LogP) is 2.62. The van der Waals surface area contributed by atoms with Crippen LogP contribution in [0.15, 0.2) is 0 Å². The molecule has 0 aromatic rings. The van der Waals surface area contributed by atoms with E-state index in [-0.39, 0.29) is 5.91 Å². The number of rotatable bonds is 6. The van der Waals surface area contributed by atoms with Crippen LogP contribution in [-0.2, 0) is 14.3 Å². The molecule has 0 bridgehead atoms. The fraction of sp³-hybridized carbons (Fsp3) is 0.867. The van der Waals surface area contributed by atoms with E-state index in [1.165, 1.54) is 0 Å². The molecule has 0 fully saturated rings. The van der Waals surface area contributed by atoms with Gasteiger partial charge in [0.15, 0.2) is 0 Å². The number of hydrogen-bond donors (Lipinski definition) is 1. The van der Waals surface area contributed by atoms with Gasteiger partial charge >= 0.3 is 5.97 Å². The summed E-state index contributed by atoms with van der Waals surface area (Å²) in [7, 11) is 0. The van der Waals surface area contributed by atoms with Crippen LogP contribution in [0.2, 0.25) is 0 Å². The van der Waals surface area contributed by atoms with Gasteiger partial charge in [0.2, 0.25) is 5.91 Å². The number of esters is 1. The average molecular weight is 271 g/mol. The second-order valence-corrected chi connectivity index (χ2v) is 6.52. The van der Waals surface area contributed by atoms with Crippen molar-refractivity contribution in [3.05, 3.63) is 0 Å². The normalized spacial score (nSPS) is 14.9. The van der Waals surface area contributed by atoms with Crippen molar-refractivity contribution in [3.63, 3.8) is 0 Å². The van der Waals surface area contributed by atoms with Gasteiger partial charge in [0.05, 0.1) is 6.61 Å². The molecule has 0 spiro atoms. The first-order valence-corrected chi connectivity index (χ1v) is 7.05. The summed E-state index contributed by atoms with van der Waals surface area (Å²) >= 11 is 0. The maximum absolute atomic E-state index is 12.2. The summed E-state index contributed by atoms with van der Waals surface area (Å²) < 4.78 is 5.01. The van der Waals surface area contributed by atoms with E-state index < -0.39 is 17.3 Å². The van der Waals surface area contributed by atoms with Gasteiger partial charge in [-0.05, 0) is 24.2 Å². The molecule has 0 saturated carbocycles. The lowest BCUT2D eigenvalue weighted by Crippen LogP contribution is -2.45. The molecule has 0 aliphatic carbocycles. The zero-order valence-electron chi connectivity index (χ0n) is 13.4. The van der Waals surface area contributed by atoms with E-state index >= 15 is 0 Å². The number of hydrogen-bond acceptors (Lipinski definition) is 3. The SMILES string of the molecule is CCOC(=O)C(C(=O)NCC(C)C(C)C)C(C)(C)C. The Bertz CT molecular complexity index is 305. The third kappa shape index (κ3) is 6.08. The molecule has 0 radical (unpaired) electrons.